The molecule has 2 heterocycles. The van der Waals surface area contributed by atoms with Crippen molar-refractivity contribution < 1.29 is 18.7 Å². The van der Waals surface area contributed by atoms with Crippen LogP contribution in [-0.2, 0) is 16.0 Å². The lowest BCUT2D eigenvalue weighted by molar-refractivity contribution is -0.136. The van der Waals surface area contributed by atoms with Crippen LogP contribution in [0.5, 0.6) is 0 Å². The van der Waals surface area contributed by atoms with Crippen molar-refractivity contribution in [2.45, 2.75) is 32.3 Å². The second-order valence-electron chi connectivity index (χ2n) is 7.40. The maximum absolute atomic E-state index is 13.0. The number of nitrogens with zero attached hydrogens (tertiary/aromatic N) is 2. The van der Waals surface area contributed by atoms with Gasteiger partial charge >= 0.3 is 6.03 Å². The number of carbonyl (C=O) groups is 2. The Labute approximate surface area is 159 Å². The Morgan fingerprint density at radius 2 is 1.85 bits per heavy atom. The Balaban J connectivity index is 1.38. The van der Waals surface area contributed by atoms with Gasteiger partial charge in [-0.05, 0) is 42.9 Å². The van der Waals surface area contributed by atoms with Crippen molar-refractivity contribution in [2.24, 2.45) is 5.92 Å². The number of carbonyl (C=O) groups excluding carboxylic acids is 2. The number of piperidine rings is 1. The standard InChI is InChI=1S/C20H28FN3O3/c1-15(25)24-10-11-27-19(14-24)13-22-20(26)23-8-6-17(7-9-23)12-16-2-4-18(21)5-3-16/h2-5,17,19H,6-14H2,1H3,(H,22,26). The zero-order valence-corrected chi connectivity index (χ0v) is 15.8. The van der Waals surface area contributed by atoms with E-state index in [0.29, 0.717) is 32.2 Å². The first-order chi connectivity index (χ1) is 13.0. The van der Waals surface area contributed by atoms with E-state index in [1.165, 1.54) is 12.1 Å². The molecule has 1 atom stereocenters. The van der Waals surface area contributed by atoms with Gasteiger partial charge in [-0.15, -0.1) is 0 Å². The first-order valence-corrected chi connectivity index (χ1v) is 9.65. The molecule has 6 nitrogen and oxygen atoms in total. The minimum Gasteiger partial charge on any atom is -0.373 e. The topological polar surface area (TPSA) is 61.9 Å². The molecule has 0 bridgehead atoms. The third kappa shape index (κ3) is 5.66. The quantitative estimate of drug-likeness (QED) is 0.874. The number of nitrogens with one attached hydrogen (secondary N) is 1. The minimum atomic E-state index is -0.210. The van der Waals surface area contributed by atoms with Crippen molar-refractivity contribution >= 4 is 11.9 Å². The molecule has 27 heavy (non-hydrogen) atoms. The highest BCUT2D eigenvalue weighted by molar-refractivity contribution is 5.74. The second-order valence-corrected chi connectivity index (χ2v) is 7.40. The Hall–Kier alpha value is -2.15. The second kappa shape index (κ2) is 9.17. The number of likely N-dealkylation sites (tertiary alicyclic amines) is 1. The average Bonchev–Trinajstić information content (AvgIpc) is 2.68. The predicted octanol–water partition coefficient (Wildman–Crippen LogP) is 2.04. The molecule has 2 aliphatic rings. The number of amides is 3. The highest BCUT2D eigenvalue weighted by Gasteiger charge is 2.25. The van der Waals surface area contributed by atoms with Crippen LogP contribution in [-0.4, -0.2) is 67.2 Å². The first kappa shape index (κ1) is 19.6. The Bertz CT molecular complexity index is 644. The molecule has 2 aliphatic heterocycles. The maximum atomic E-state index is 13.0. The van der Waals surface area contributed by atoms with Gasteiger partial charge in [0.05, 0.1) is 12.7 Å². The summed E-state index contributed by atoms with van der Waals surface area (Å²) in [5, 5.41) is 2.93. The molecule has 0 spiro atoms. The summed E-state index contributed by atoms with van der Waals surface area (Å²) in [6.45, 7) is 5.06. The van der Waals surface area contributed by atoms with E-state index in [2.05, 4.69) is 5.32 Å². The Morgan fingerprint density at radius 3 is 2.52 bits per heavy atom. The fourth-order valence-corrected chi connectivity index (χ4v) is 3.74. The summed E-state index contributed by atoms with van der Waals surface area (Å²) in [6.07, 6.45) is 2.67. The molecule has 1 unspecified atom stereocenters. The monoisotopic (exact) mass is 377 g/mol. The largest absolute Gasteiger partial charge is 0.373 e. The van der Waals surface area contributed by atoms with Crippen LogP contribution in [0.15, 0.2) is 24.3 Å². The molecule has 0 aliphatic carbocycles. The molecule has 3 rings (SSSR count). The summed E-state index contributed by atoms with van der Waals surface area (Å²) >= 11 is 0. The molecule has 1 aromatic carbocycles. The smallest absolute Gasteiger partial charge is 0.317 e. The van der Waals surface area contributed by atoms with Crippen LogP contribution < -0.4 is 5.32 Å². The number of halogens is 1. The van der Waals surface area contributed by atoms with Crippen LogP contribution in [0.4, 0.5) is 9.18 Å². The molecular formula is C20H28FN3O3. The van der Waals surface area contributed by atoms with Gasteiger partial charge in [0.1, 0.15) is 5.82 Å². The number of ether oxygens (including phenoxy) is 1. The lowest BCUT2D eigenvalue weighted by Gasteiger charge is -2.34. The van der Waals surface area contributed by atoms with Crippen molar-refractivity contribution in [1.29, 1.82) is 0 Å². The van der Waals surface area contributed by atoms with E-state index >= 15 is 0 Å². The van der Waals surface area contributed by atoms with Gasteiger partial charge in [-0.3, -0.25) is 4.79 Å². The summed E-state index contributed by atoms with van der Waals surface area (Å²) in [5.74, 6) is 0.349. The van der Waals surface area contributed by atoms with Crippen LogP contribution >= 0.6 is 0 Å². The van der Waals surface area contributed by atoms with Crippen molar-refractivity contribution in [3.05, 3.63) is 35.6 Å². The van der Waals surface area contributed by atoms with Crippen molar-refractivity contribution in [2.75, 3.05) is 39.3 Å². The molecule has 148 valence electrons. The highest BCUT2D eigenvalue weighted by atomic mass is 19.1. The molecular weight excluding hydrogens is 349 g/mol. The summed E-state index contributed by atoms with van der Waals surface area (Å²) < 4.78 is 18.6. The van der Waals surface area contributed by atoms with Crippen LogP contribution in [0.25, 0.3) is 0 Å². The van der Waals surface area contributed by atoms with Crippen molar-refractivity contribution in [3.63, 3.8) is 0 Å². The van der Waals surface area contributed by atoms with Gasteiger partial charge in [-0.1, -0.05) is 12.1 Å². The number of hydrogen-bond donors (Lipinski definition) is 1. The van der Waals surface area contributed by atoms with Crippen LogP contribution in [0, 0.1) is 11.7 Å². The first-order valence-electron chi connectivity index (χ1n) is 9.65. The van der Waals surface area contributed by atoms with E-state index in [4.69, 9.17) is 4.74 Å². The minimum absolute atomic E-state index is 0.0397. The zero-order valence-electron chi connectivity index (χ0n) is 15.8. The normalized spacial score (nSPS) is 21.2. The summed E-state index contributed by atoms with van der Waals surface area (Å²) in [7, 11) is 0. The number of urea groups is 1. The molecule has 2 fully saturated rings. The Kier molecular flexibility index (Phi) is 6.66. The summed E-state index contributed by atoms with van der Waals surface area (Å²) in [6, 6.07) is 6.60. The number of benzene rings is 1. The molecule has 1 aromatic rings. The van der Waals surface area contributed by atoms with E-state index in [1.54, 1.807) is 11.8 Å². The molecule has 0 aromatic heterocycles. The van der Waals surface area contributed by atoms with E-state index in [9.17, 15) is 14.0 Å². The number of hydrogen-bond acceptors (Lipinski definition) is 3. The van der Waals surface area contributed by atoms with Gasteiger partial charge in [0.2, 0.25) is 5.91 Å². The molecule has 1 N–H and O–H groups in total. The van der Waals surface area contributed by atoms with Crippen LogP contribution in [0.1, 0.15) is 25.3 Å². The SMILES string of the molecule is CC(=O)N1CCOC(CNC(=O)N2CCC(Cc3ccc(F)cc3)CC2)C1. The number of morpholine rings is 1. The lowest BCUT2D eigenvalue weighted by Crippen LogP contribution is -2.51. The van der Waals surface area contributed by atoms with Gasteiger partial charge < -0.3 is 19.9 Å². The van der Waals surface area contributed by atoms with Gasteiger partial charge in [0.25, 0.3) is 0 Å². The van der Waals surface area contributed by atoms with Crippen molar-refractivity contribution in [1.82, 2.24) is 15.1 Å². The molecule has 2 saturated heterocycles. The molecule has 0 radical (unpaired) electrons. The third-order valence-corrected chi connectivity index (χ3v) is 5.40. The molecule has 7 heteroatoms. The predicted molar refractivity (Wildman–Crippen MR) is 99.8 cm³/mol. The van der Waals surface area contributed by atoms with Gasteiger partial charge in [-0.25, -0.2) is 9.18 Å². The van der Waals surface area contributed by atoms with Gasteiger partial charge in [0.15, 0.2) is 0 Å². The Morgan fingerprint density at radius 1 is 1.15 bits per heavy atom. The third-order valence-electron chi connectivity index (χ3n) is 5.40. The van der Waals surface area contributed by atoms with Gasteiger partial charge in [0, 0.05) is 39.6 Å². The van der Waals surface area contributed by atoms with E-state index in [0.717, 1.165) is 37.9 Å². The van der Waals surface area contributed by atoms with E-state index in [-0.39, 0.29) is 23.9 Å². The fourth-order valence-electron chi connectivity index (χ4n) is 3.74. The zero-order chi connectivity index (χ0) is 19.2. The summed E-state index contributed by atoms with van der Waals surface area (Å²) in [5.41, 5.74) is 1.14. The van der Waals surface area contributed by atoms with Crippen LogP contribution in [0.3, 0.4) is 0 Å². The summed E-state index contributed by atoms with van der Waals surface area (Å²) in [4.78, 5) is 27.5. The molecule has 3 amide bonds. The average molecular weight is 377 g/mol. The van der Waals surface area contributed by atoms with Crippen molar-refractivity contribution in [3.8, 4) is 0 Å². The molecule has 0 saturated carbocycles. The fraction of sp³-hybridized carbons (Fsp3) is 0.600. The number of rotatable bonds is 4. The van der Waals surface area contributed by atoms with E-state index in [1.807, 2.05) is 17.0 Å². The lowest BCUT2D eigenvalue weighted by atomic mass is 9.90. The maximum Gasteiger partial charge on any atom is 0.317 e. The van der Waals surface area contributed by atoms with Crippen LogP contribution in [0.2, 0.25) is 0 Å². The van der Waals surface area contributed by atoms with E-state index < -0.39 is 0 Å². The highest BCUT2D eigenvalue weighted by Crippen LogP contribution is 2.22. The van der Waals surface area contributed by atoms with Gasteiger partial charge in [-0.2, -0.15) is 0 Å².